The fourth-order valence-corrected chi connectivity index (χ4v) is 4.66. The second-order valence-electron chi connectivity index (χ2n) is 10.9. The normalized spacial score (nSPS) is 12.2. The van der Waals surface area contributed by atoms with Gasteiger partial charge in [-0.2, -0.15) is 0 Å². The molecule has 0 spiro atoms. The number of amides is 1. The molecule has 0 saturated heterocycles. The predicted octanol–water partition coefficient (Wildman–Crippen LogP) is 6.83. The average Bonchev–Trinajstić information content (AvgIpc) is 3.27. The summed E-state index contributed by atoms with van der Waals surface area (Å²) in [7, 11) is 0. The fraction of sp³-hybridized carbons (Fsp3) is 0.333. The Morgan fingerprint density at radius 2 is 1.62 bits per heavy atom. The molecular weight excluding hydrogens is 538 g/mol. The molecule has 1 amide bonds. The zero-order valence-corrected chi connectivity index (χ0v) is 24.9. The van der Waals surface area contributed by atoms with Gasteiger partial charge in [0.15, 0.2) is 17.6 Å². The van der Waals surface area contributed by atoms with E-state index in [1.54, 1.807) is 38.1 Å². The van der Waals surface area contributed by atoms with Crippen molar-refractivity contribution in [2.75, 3.05) is 11.9 Å². The maximum Gasteiger partial charge on any atom is 0.344 e. The lowest BCUT2D eigenvalue weighted by Gasteiger charge is -2.20. The van der Waals surface area contributed by atoms with Crippen molar-refractivity contribution in [1.29, 1.82) is 0 Å². The van der Waals surface area contributed by atoms with Crippen molar-refractivity contribution in [3.63, 3.8) is 0 Å². The Bertz CT molecular complexity index is 1700. The number of carbonyl (C=O) groups excluding carboxylic acids is 3. The van der Waals surface area contributed by atoms with Crippen LogP contribution in [0.25, 0.3) is 22.3 Å². The molecule has 0 saturated carbocycles. The first-order valence-corrected chi connectivity index (χ1v) is 13.8. The van der Waals surface area contributed by atoms with E-state index in [-0.39, 0.29) is 52.7 Å². The standard InChI is InChI=1S/C33H35NO8/c1-8-23(30(37)34-31-26(32(38)39-9-2)25(18(3)35)19(4)40-31)41-29-27(36)22-12-10-11-13-24(22)42-28(29)20-14-16-21(17-15-20)33(5,6)7/h10-17,23H,8-9H2,1-7H3,(H,34,37). The third-order valence-electron chi connectivity index (χ3n) is 6.85. The molecule has 2 heterocycles. The van der Waals surface area contributed by atoms with E-state index in [1.165, 1.54) is 13.8 Å². The second kappa shape index (κ2) is 12.1. The smallest absolute Gasteiger partial charge is 0.344 e. The zero-order chi connectivity index (χ0) is 30.8. The summed E-state index contributed by atoms with van der Waals surface area (Å²) in [5.74, 6) is -1.92. The molecule has 0 aliphatic carbocycles. The van der Waals surface area contributed by atoms with Gasteiger partial charge >= 0.3 is 5.97 Å². The number of ketones is 1. The summed E-state index contributed by atoms with van der Waals surface area (Å²) in [5, 5.41) is 2.86. The summed E-state index contributed by atoms with van der Waals surface area (Å²) in [6.45, 7) is 12.5. The van der Waals surface area contributed by atoms with Crippen LogP contribution in [-0.2, 0) is 14.9 Å². The van der Waals surface area contributed by atoms with E-state index in [0.717, 1.165) is 5.56 Å². The highest BCUT2D eigenvalue weighted by Gasteiger charge is 2.31. The molecule has 4 aromatic rings. The number of nitrogens with one attached hydrogen (secondary N) is 1. The van der Waals surface area contributed by atoms with Gasteiger partial charge in [0.25, 0.3) is 5.91 Å². The number of furan rings is 1. The number of para-hydroxylation sites is 1. The number of anilines is 1. The molecule has 0 bridgehead atoms. The van der Waals surface area contributed by atoms with Crippen LogP contribution >= 0.6 is 0 Å². The first-order valence-electron chi connectivity index (χ1n) is 13.8. The van der Waals surface area contributed by atoms with Gasteiger partial charge in [0, 0.05) is 5.56 Å². The number of carbonyl (C=O) groups is 3. The summed E-state index contributed by atoms with van der Waals surface area (Å²) in [5.41, 5.74) is 1.42. The van der Waals surface area contributed by atoms with E-state index < -0.39 is 29.2 Å². The van der Waals surface area contributed by atoms with Gasteiger partial charge < -0.3 is 18.3 Å². The SMILES string of the molecule is CCOC(=O)c1c(NC(=O)C(CC)Oc2c(-c3ccc(C(C)(C)C)cc3)oc3ccccc3c2=O)oc(C)c1C(C)=O. The predicted molar refractivity (Wildman–Crippen MR) is 159 cm³/mol. The molecule has 4 rings (SSSR count). The number of Topliss-reactive ketones (excluding diaryl/α,β-unsaturated/α-hetero) is 1. The molecule has 9 heteroatoms. The Morgan fingerprint density at radius 1 is 0.952 bits per heavy atom. The number of rotatable bonds is 9. The molecule has 9 nitrogen and oxygen atoms in total. The number of fused-ring (bicyclic) bond motifs is 1. The maximum atomic E-state index is 13.7. The van der Waals surface area contributed by atoms with Gasteiger partial charge in [-0.15, -0.1) is 0 Å². The Morgan fingerprint density at radius 3 is 2.21 bits per heavy atom. The molecule has 0 fully saturated rings. The van der Waals surface area contributed by atoms with Gasteiger partial charge in [-0.25, -0.2) is 4.79 Å². The van der Waals surface area contributed by atoms with Crippen molar-refractivity contribution in [3.8, 4) is 17.1 Å². The summed E-state index contributed by atoms with van der Waals surface area (Å²) in [4.78, 5) is 52.1. The van der Waals surface area contributed by atoms with Crippen molar-refractivity contribution in [2.45, 2.75) is 66.4 Å². The number of aryl methyl sites for hydroxylation is 1. The third kappa shape index (κ3) is 6.00. The average molecular weight is 574 g/mol. The van der Waals surface area contributed by atoms with Crippen LogP contribution in [0.5, 0.6) is 5.75 Å². The van der Waals surface area contributed by atoms with E-state index in [1.807, 2.05) is 24.3 Å². The minimum absolute atomic E-state index is 0.0221. The van der Waals surface area contributed by atoms with Crippen LogP contribution in [0.4, 0.5) is 5.88 Å². The first-order chi connectivity index (χ1) is 19.9. The molecule has 1 N–H and O–H groups in total. The summed E-state index contributed by atoms with van der Waals surface area (Å²) in [6.07, 6.45) is -1.02. The van der Waals surface area contributed by atoms with E-state index in [2.05, 4.69) is 26.1 Å². The van der Waals surface area contributed by atoms with Gasteiger partial charge in [-0.3, -0.25) is 19.7 Å². The van der Waals surface area contributed by atoms with Gasteiger partial charge in [-0.05, 0) is 50.3 Å². The van der Waals surface area contributed by atoms with Crippen LogP contribution in [0.3, 0.4) is 0 Å². The third-order valence-corrected chi connectivity index (χ3v) is 6.85. The summed E-state index contributed by atoms with van der Waals surface area (Å²) in [6, 6.07) is 14.4. The van der Waals surface area contributed by atoms with E-state index >= 15 is 0 Å². The van der Waals surface area contributed by atoms with Crippen LogP contribution in [0.2, 0.25) is 0 Å². The molecule has 220 valence electrons. The molecule has 1 unspecified atom stereocenters. The Kier molecular flexibility index (Phi) is 8.70. The molecular formula is C33H35NO8. The Hall–Kier alpha value is -4.66. The van der Waals surface area contributed by atoms with Crippen LogP contribution in [0.1, 0.15) is 80.0 Å². The first kappa shape index (κ1) is 30.3. The van der Waals surface area contributed by atoms with Crippen LogP contribution in [0, 0.1) is 6.92 Å². The van der Waals surface area contributed by atoms with Crippen molar-refractivity contribution < 1.29 is 32.7 Å². The summed E-state index contributed by atoms with van der Waals surface area (Å²) < 4.78 is 23.0. The minimum atomic E-state index is -1.18. The molecule has 2 aromatic heterocycles. The largest absolute Gasteiger partial charge is 0.473 e. The van der Waals surface area contributed by atoms with Crippen molar-refractivity contribution in [3.05, 3.63) is 81.2 Å². The molecule has 42 heavy (non-hydrogen) atoms. The van der Waals surface area contributed by atoms with Crippen LogP contribution in [-0.4, -0.2) is 30.4 Å². The minimum Gasteiger partial charge on any atom is -0.473 e. The van der Waals surface area contributed by atoms with Gasteiger partial charge in [0.05, 0.1) is 17.6 Å². The van der Waals surface area contributed by atoms with Gasteiger partial charge in [-0.1, -0.05) is 64.1 Å². The number of esters is 1. The topological polar surface area (TPSA) is 125 Å². The Labute approximate surface area is 243 Å². The van der Waals surface area contributed by atoms with Gasteiger partial charge in [0.1, 0.15) is 16.9 Å². The molecule has 0 aliphatic rings. The lowest BCUT2D eigenvalue weighted by atomic mass is 9.86. The quantitative estimate of drug-likeness (QED) is 0.171. The monoisotopic (exact) mass is 573 g/mol. The summed E-state index contributed by atoms with van der Waals surface area (Å²) >= 11 is 0. The molecule has 2 aromatic carbocycles. The van der Waals surface area contributed by atoms with Crippen LogP contribution < -0.4 is 15.5 Å². The zero-order valence-electron chi connectivity index (χ0n) is 24.9. The molecule has 0 aliphatic heterocycles. The highest BCUT2D eigenvalue weighted by atomic mass is 16.5. The number of hydrogen-bond acceptors (Lipinski definition) is 8. The van der Waals surface area contributed by atoms with E-state index in [0.29, 0.717) is 16.5 Å². The lowest BCUT2D eigenvalue weighted by molar-refractivity contribution is -0.123. The van der Waals surface area contributed by atoms with Crippen molar-refractivity contribution in [2.24, 2.45) is 0 Å². The Balaban J connectivity index is 1.76. The second-order valence-corrected chi connectivity index (χ2v) is 10.9. The fourth-order valence-electron chi connectivity index (χ4n) is 4.66. The highest BCUT2D eigenvalue weighted by Crippen LogP contribution is 2.34. The lowest BCUT2D eigenvalue weighted by Crippen LogP contribution is -2.34. The molecule has 0 radical (unpaired) electrons. The number of ether oxygens (including phenoxy) is 2. The number of benzene rings is 2. The van der Waals surface area contributed by atoms with Crippen molar-refractivity contribution >= 4 is 34.5 Å². The van der Waals surface area contributed by atoms with E-state index in [4.69, 9.17) is 18.3 Å². The maximum absolute atomic E-state index is 13.7. The van der Waals surface area contributed by atoms with Crippen molar-refractivity contribution in [1.82, 2.24) is 0 Å². The number of hydrogen-bond donors (Lipinski definition) is 1. The van der Waals surface area contributed by atoms with Crippen LogP contribution in [0.15, 0.2) is 62.2 Å². The van der Waals surface area contributed by atoms with E-state index in [9.17, 15) is 19.2 Å². The highest BCUT2D eigenvalue weighted by molar-refractivity contribution is 6.11. The van der Waals surface area contributed by atoms with Gasteiger partial charge in [0.2, 0.25) is 17.1 Å². The molecule has 1 atom stereocenters.